The predicted octanol–water partition coefficient (Wildman–Crippen LogP) is -0.0352. The third kappa shape index (κ3) is 3.02. The van der Waals surface area contributed by atoms with E-state index in [1.165, 1.54) is 12.1 Å². The summed E-state index contributed by atoms with van der Waals surface area (Å²) in [5, 5.41) is 2.62. The van der Waals surface area contributed by atoms with Crippen molar-refractivity contribution >= 4 is 21.6 Å². The molecule has 1 fully saturated rings. The zero-order valence-corrected chi connectivity index (χ0v) is 10.8. The van der Waals surface area contributed by atoms with Crippen LogP contribution < -0.4 is 15.8 Å². The molecule has 0 aromatic heterocycles. The number of nitrogens with two attached hydrogens (primary N) is 1. The summed E-state index contributed by atoms with van der Waals surface area (Å²) >= 11 is 0. The largest absolute Gasteiger partial charge is 0.398 e. The first-order valence-electron chi connectivity index (χ1n) is 5.73. The average Bonchev–Trinajstić information content (AvgIpc) is 2.72. The van der Waals surface area contributed by atoms with Crippen molar-refractivity contribution in [1.29, 1.82) is 0 Å². The first kappa shape index (κ1) is 13.8. The van der Waals surface area contributed by atoms with Crippen LogP contribution >= 0.6 is 0 Å². The third-order valence-electron chi connectivity index (χ3n) is 2.87. The van der Waals surface area contributed by atoms with Crippen LogP contribution in [-0.4, -0.2) is 26.9 Å². The number of carbonyl (C=O) groups excluding carboxylic acids is 1. The summed E-state index contributed by atoms with van der Waals surface area (Å²) in [6.45, 7) is 0.0157. The molecule has 0 aliphatic carbocycles. The maximum atomic E-state index is 13.5. The molecule has 2 rings (SSSR count). The monoisotopic (exact) mass is 287 g/mol. The number of sulfonamides is 1. The minimum absolute atomic E-state index is 0.0157. The van der Waals surface area contributed by atoms with E-state index >= 15 is 0 Å². The second kappa shape index (κ2) is 5.14. The van der Waals surface area contributed by atoms with Gasteiger partial charge in [0.15, 0.2) is 0 Å². The van der Waals surface area contributed by atoms with Gasteiger partial charge in [0.2, 0.25) is 15.9 Å². The van der Waals surface area contributed by atoms with Crippen molar-refractivity contribution in [1.82, 2.24) is 10.0 Å². The normalized spacial score (nSPS) is 19.4. The van der Waals surface area contributed by atoms with Gasteiger partial charge in [-0.05, 0) is 18.6 Å². The van der Waals surface area contributed by atoms with Crippen LogP contribution in [0.3, 0.4) is 0 Å². The molecule has 0 radical (unpaired) electrons. The number of rotatable bonds is 4. The molecule has 1 aromatic rings. The highest BCUT2D eigenvalue weighted by atomic mass is 32.2. The van der Waals surface area contributed by atoms with Crippen molar-refractivity contribution in [2.75, 3.05) is 12.3 Å². The quantitative estimate of drug-likeness (QED) is 0.677. The minimum atomic E-state index is -4.03. The Morgan fingerprint density at radius 3 is 2.79 bits per heavy atom. The lowest BCUT2D eigenvalue weighted by molar-refractivity contribution is -0.119. The van der Waals surface area contributed by atoms with Gasteiger partial charge in [0.1, 0.15) is 10.7 Å². The highest BCUT2D eigenvalue weighted by Gasteiger charge is 2.26. The first-order valence-corrected chi connectivity index (χ1v) is 7.21. The Bertz CT molecular complexity index is 583. The van der Waals surface area contributed by atoms with E-state index in [1.807, 2.05) is 0 Å². The van der Waals surface area contributed by atoms with Gasteiger partial charge in [-0.3, -0.25) is 4.79 Å². The molecule has 1 unspecified atom stereocenters. The van der Waals surface area contributed by atoms with Crippen molar-refractivity contribution in [2.45, 2.75) is 23.8 Å². The molecule has 1 amide bonds. The SMILES string of the molecule is Nc1cccc(F)c1S(=O)(=O)NCC1CCC(=O)N1. The first-order chi connectivity index (χ1) is 8.90. The Morgan fingerprint density at radius 1 is 1.47 bits per heavy atom. The van der Waals surface area contributed by atoms with Gasteiger partial charge < -0.3 is 11.1 Å². The Labute approximate surface area is 110 Å². The molecule has 0 spiro atoms. The summed E-state index contributed by atoms with van der Waals surface area (Å²) in [5.74, 6) is -1.02. The van der Waals surface area contributed by atoms with Gasteiger partial charge in [0, 0.05) is 19.0 Å². The molecule has 1 aliphatic heterocycles. The Balaban J connectivity index is 2.12. The van der Waals surface area contributed by atoms with Gasteiger partial charge in [-0.2, -0.15) is 0 Å². The fourth-order valence-electron chi connectivity index (χ4n) is 1.92. The molecule has 1 aromatic carbocycles. The standard InChI is InChI=1S/C11H14FN3O3S/c12-8-2-1-3-9(13)11(8)19(17,18)14-6-7-4-5-10(16)15-7/h1-3,7,14H,4-6,13H2,(H,15,16). The molecule has 4 N–H and O–H groups in total. The topological polar surface area (TPSA) is 101 Å². The molecule has 1 heterocycles. The second-order valence-corrected chi connectivity index (χ2v) is 6.02. The number of benzene rings is 1. The fraction of sp³-hybridized carbons (Fsp3) is 0.364. The van der Waals surface area contributed by atoms with Crippen molar-refractivity contribution < 1.29 is 17.6 Å². The lowest BCUT2D eigenvalue weighted by Crippen LogP contribution is -2.38. The van der Waals surface area contributed by atoms with E-state index in [0.29, 0.717) is 12.8 Å². The van der Waals surface area contributed by atoms with Crippen molar-refractivity contribution in [2.24, 2.45) is 0 Å². The molecule has 8 heteroatoms. The molecular weight excluding hydrogens is 273 g/mol. The lowest BCUT2D eigenvalue weighted by Gasteiger charge is -2.13. The highest BCUT2D eigenvalue weighted by Crippen LogP contribution is 2.21. The van der Waals surface area contributed by atoms with Gasteiger partial charge in [0.25, 0.3) is 0 Å². The molecule has 0 bridgehead atoms. The molecule has 1 saturated heterocycles. The number of amides is 1. The van der Waals surface area contributed by atoms with Gasteiger partial charge >= 0.3 is 0 Å². The molecule has 0 saturated carbocycles. The van der Waals surface area contributed by atoms with E-state index < -0.39 is 20.7 Å². The molecular formula is C11H14FN3O3S. The number of nitrogens with one attached hydrogen (secondary N) is 2. The number of hydrogen-bond acceptors (Lipinski definition) is 4. The van der Waals surface area contributed by atoms with E-state index in [9.17, 15) is 17.6 Å². The van der Waals surface area contributed by atoms with Crippen molar-refractivity contribution in [3.63, 3.8) is 0 Å². The number of hydrogen-bond donors (Lipinski definition) is 3. The van der Waals surface area contributed by atoms with Crippen molar-refractivity contribution in [3.8, 4) is 0 Å². The molecule has 6 nitrogen and oxygen atoms in total. The molecule has 1 aliphatic rings. The number of halogens is 1. The molecule has 19 heavy (non-hydrogen) atoms. The second-order valence-electron chi connectivity index (χ2n) is 4.31. The van der Waals surface area contributed by atoms with Crippen molar-refractivity contribution in [3.05, 3.63) is 24.0 Å². The summed E-state index contributed by atoms with van der Waals surface area (Å²) in [6.07, 6.45) is 0.919. The smallest absolute Gasteiger partial charge is 0.245 e. The van der Waals surface area contributed by atoms with E-state index in [0.717, 1.165) is 6.07 Å². The van der Waals surface area contributed by atoms with Crippen LogP contribution in [0.4, 0.5) is 10.1 Å². The summed E-state index contributed by atoms with van der Waals surface area (Å²) in [6, 6.07) is 3.41. The number of carbonyl (C=O) groups is 1. The van der Waals surface area contributed by atoms with Crippen LogP contribution in [0.2, 0.25) is 0 Å². The van der Waals surface area contributed by atoms with Gasteiger partial charge in [0.05, 0.1) is 5.69 Å². The van der Waals surface area contributed by atoms with E-state index in [-0.39, 0.29) is 24.2 Å². The summed E-state index contributed by atoms with van der Waals surface area (Å²) in [7, 11) is -4.03. The van der Waals surface area contributed by atoms with Crippen LogP contribution in [-0.2, 0) is 14.8 Å². The van der Waals surface area contributed by atoms with Crippen LogP contribution in [0.25, 0.3) is 0 Å². The van der Waals surface area contributed by atoms with E-state index in [2.05, 4.69) is 10.0 Å². The zero-order chi connectivity index (χ0) is 14.0. The Kier molecular flexibility index (Phi) is 3.72. The zero-order valence-electron chi connectivity index (χ0n) is 10.0. The predicted molar refractivity (Wildman–Crippen MR) is 67.2 cm³/mol. The lowest BCUT2D eigenvalue weighted by atomic mass is 10.2. The third-order valence-corrected chi connectivity index (χ3v) is 4.39. The van der Waals surface area contributed by atoms with E-state index in [4.69, 9.17) is 5.73 Å². The maximum Gasteiger partial charge on any atom is 0.245 e. The summed E-state index contributed by atoms with van der Waals surface area (Å²) in [4.78, 5) is 10.4. The number of anilines is 1. The van der Waals surface area contributed by atoms with Gasteiger partial charge in [-0.15, -0.1) is 0 Å². The van der Waals surface area contributed by atoms with Crippen LogP contribution in [0.1, 0.15) is 12.8 Å². The average molecular weight is 287 g/mol. The van der Waals surface area contributed by atoms with Crippen LogP contribution in [0.15, 0.2) is 23.1 Å². The Hall–Kier alpha value is -1.67. The van der Waals surface area contributed by atoms with Crippen LogP contribution in [0.5, 0.6) is 0 Å². The summed E-state index contributed by atoms with van der Waals surface area (Å²) in [5.41, 5.74) is 5.33. The number of nitrogen functional groups attached to an aromatic ring is 1. The molecule has 1 atom stereocenters. The van der Waals surface area contributed by atoms with Gasteiger partial charge in [-0.25, -0.2) is 17.5 Å². The fourth-order valence-corrected chi connectivity index (χ4v) is 3.19. The Morgan fingerprint density at radius 2 is 2.21 bits per heavy atom. The van der Waals surface area contributed by atoms with E-state index in [1.54, 1.807) is 0 Å². The highest BCUT2D eigenvalue weighted by molar-refractivity contribution is 7.89. The molecule has 104 valence electrons. The maximum absolute atomic E-state index is 13.5. The summed E-state index contributed by atoms with van der Waals surface area (Å²) < 4.78 is 39.7. The van der Waals surface area contributed by atoms with Gasteiger partial charge in [-0.1, -0.05) is 6.07 Å². The van der Waals surface area contributed by atoms with Crippen LogP contribution in [0, 0.1) is 5.82 Å². The minimum Gasteiger partial charge on any atom is -0.398 e.